The molecule has 0 unspecified atom stereocenters. The van der Waals surface area contributed by atoms with Gasteiger partial charge in [0.25, 0.3) is 0 Å². The second-order valence-electron chi connectivity index (χ2n) is 9.26. The summed E-state index contributed by atoms with van der Waals surface area (Å²) in [6.45, 7) is 12.0. The molecule has 8 atom stereocenters. The van der Waals surface area contributed by atoms with E-state index < -0.39 is 0 Å². The van der Waals surface area contributed by atoms with Crippen molar-refractivity contribution in [3.05, 3.63) is 12.2 Å². The van der Waals surface area contributed by atoms with Crippen LogP contribution < -0.4 is 0 Å². The van der Waals surface area contributed by atoms with Crippen molar-refractivity contribution >= 4 is 0 Å². The van der Waals surface area contributed by atoms with Crippen LogP contribution in [0.25, 0.3) is 0 Å². The van der Waals surface area contributed by atoms with Crippen molar-refractivity contribution in [2.45, 2.75) is 71.8 Å². The first kappa shape index (κ1) is 14.3. The second-order valence-corrected chi connectivity index (χ2v) is 9.26. The topological polar surface area (TPSA) is 20.2 Å². The Hall–Kier alpha value is -0.300. The summed E-state index contributed by atoms with van der Waals surface area (Å²) in [5.74, 6) is 3.79. The highest BCUT2D eigenvalue weighted by Gasteiger charge is 2.63. The molecule has 1 heteroatoms. The van der Waals surface area contributed by atoms with Crippen LogP contribution in [-0.4, -0.2) is 11.2 Å². The lowest BCUT2D eigenvalue weighted by atomic mass is 9.49. The number of aliphatic hydroxyl groups is 1. The van der Waals surface area contributed by atoms with Crippen LogP contribution in [0.1, 0.15) is 65.7 Å². The average molecular weight is 288 g/mol. The highest BCUT2D eigenvalue weighted by molar-refractivity contribution is 5.30. The predicted molar refractivity (Wildman–Crippen MR) is 86.8 cm³/mol. The van der Waals surface area contributed by atoms with E-state index in [4.69, 9.17) is 6.58 Å². The fraction of sp³-hybridized carbons (Fsp3) is 0.900. The van der Waals surface area contributed by atoms with E-state index in [1.54, 1.807) is 5.57 Å². The molecular formula is C20H32O. The van der Waals surface area contributed by atoms with E-state index in [9.17, 15) is 5.11 Å². The standard InChI is InChI=1S/C20H32O/c1-12-5-6-16-13(2)7-10-20(16)11-17(21)19(4)9-8-15(12)18(19)14(20)3/h12-13,15-18,21H,3,5-11H2,1-2,4H3/t12-,13+,15-,16+,17-,18+,19+,20-/m0/s1. The molecule has 118 valence electrons. The second kappa shape index (κ2) is 4.37. The molecule has 4 aliphatic carbocycles. The van der Waals surface area contributed by atoms with Gasteiger partial charge in [0.2, 0.25) is 0 Å². The molecule has 0 aromatic heterocycles. The summed E-state index contributed by atoms with van der Waals surface area (Å²) < 4.78 is 0. The van der Waals surface area contributed by atoms with E-state index in [0.29, 0.717) is 5.92 Å². The van der Waals surface area contributed by atoms with Gasteiger partial charge in [0.15, 0.2) is 0 Å². The van der Waals surface area contributed by atoms with Gasteiger partial charge in [-0.05, 0) is 73.5 Å². The molecule has 4 saturated carbocycles. The summed E-state index contributed by atoms with van der Waals surface area (Å²) in [7, 11) is 0. The van der Waals surface area contributed by atoms with E-state index in [2.05, 4.69) is 20.8 Å². The van der Waals surface area contributed by atoms with Crippen molar-refractivity contribution in [2.75, 3.05) is 0 Å². The quantitative estimate of drug-likeness (QED) is 0.635. The van der Waals surface area contributed by atoms with Crippen molar-refractivity contribution in [2.24, 2.45) is 40.4 Å². The van der Waals surface area contributed by atoms with Crippen molar-refractivity contribution in [1.29, 1.82) is 0 Å². The van der Waals surface area contributed by atoms with E-state index in [-0.39, 0.29) is 16.9 Å². The Labute approximate surface area is 130 Å². The molecule has 4 fully saturated rings. The Kier molecular flexibility index (Phi) is 2.98. The molecule has 0 saturated heterocycles. The van der Waals surface area contributed by atoms with Gasteiger partial charge in [-0.2, -0.15) is 0 Å². The highest BCUT2D eigenvalue weighted by Crippen LogP contribution is 2.70. The number of hydrogen-bond acceptors (Lipinski definition) is 1. The molecule has 1 nitrogen and oxygen atoms in total. The van der Waals surface area contributed by atoms with Gasteiger partial charge in [-0.1, -0.05) is 39.3 Å². The normalized spacial score (nSPS) is 59.5. The first-order valence-corrected chi connectivity index (χ1v) is 9.27. The van der Waals surface area contributed by atoms with Gasteiger partial charge < -0.3 is 5.11 Å². The Bertz CT molecular complexity index is 468. The van der Waals surface area contributed by atoms with E-state index in [1.165, 1.54) is 38.5 Å². The van der Waals surface area contributed by atoms with Gasteiger partial charge in [0.05, 0.1) is 6.10 Å². The zero-order valence-corrected chi connectivity index (χ0v) is 14.1. The summed E-state index contributed by atoms with van der Waals surface area (Å²) in [5.41, 5.74) is 1.97. The molecule has 0 heterocycles. The first-order chi connectivity index (χ1) is 9.90. The zero-order chi connectivity index (χ0) is 15.0. The van der Waals surface area contributed by atoms with Gasteiger partial charge in [-0.25, -0.2) is 0 Å². The largest absolute Gasteiger partial charge is 0.393 e. The molecule has 0 aromatic rings. The molecule has 1 spiro atoms. The zero-order valence-electron chi connectivity index (χ0n) is 14.1. The maximum absolute atomic E-state index is 11.1. The molecule has 0 aromatic carbocycles. The third-order valence-corrected chi connectivity index (χ3v) is 8.60. The minimum atomic E-state index is -0.101. The van der Waals surface area contributed by atoms with Crippen LogP contribution in [0.4, 0.5) is 0 Å². The number of hydrogen-bond donors (Lipinski definition) is 1. The molecular weight excluding hydrogens is 256 g/mol. The Morgan fingerprint density at radius 3 is 2.57 bits per heavy atom. The summed E-state index contributed by atoms with van der Waals surface area (Å²) in [5, 5.41) is 11.1. The van der Waals surface area contributed by atoms with Crippen molar-refractivity contribution < 1.29 is 5.11 Å². The SMILES string of the molecule is C=C1[C@@H]2[C@H]3CC[C@]2(C)[C@@H](O)C[C@@]12CC[C@@H](C)[C@H]2CC[C@@H]3C. The Balaban J connectivity index is 1.84. The summed E-state index contributed by atoms with van der Waals surface area (Å²) in [6.07, 6.45) is 8.84. The molecule has 21 heavy (non-hydrogen) atoms. The van der Waals surface area contributed by atoms with Gasteiger partial charge in [0.1, 0.15) is 0 Å². The Morgan fingerprint density at radius 2 is 1.81 bits per heavy atom. The van der Waals surface area contributed by atoms with Crippen molar-refractivity contribution in [3.63, 3.8) is 0 Å². The van der Waals surface area contributed by atoms with Crippen molar-refractivity contribution in [1.82, 2.24) is 0 Å². The summed E-state index contributed by atoms with van der Waals surface area (Å²) >= 11 is 0. The van der Waals surface area contributed by atoms with Gasteiger partial charge >= 0.3 is 0 Å². The van der Waals surface area contributed by atoms with Crippen LogP contribution in [0.5, 0.6) is 0 Å². The lowest BCUT2D eigenvalue weighted by Gasteiger charge is -2.56. The van der Waals surface area contributed by atoms with Gasteiger partial charge in [0, 0.05) is 5.41 Å². The monoisotopic (exact) mass is 288 g/mol. The highest BCUT2D eigenvalue weighted by atomic mass is 16.3. The van der Waals surface area contributed by atoms with Crippen LogP contribution in [0.3, 0.4) is 0 Å². The molecule has 1 N–H and O–H groups in total. The van der Waals surface area contributed by atoms with Gasteiger partial charge in [-0.3, -0.25) is 0 Å². The fourth-order valence-electron chi connectivity index (χ4n) is 7.24. The minimum absolute atomic E-state index is 0.101. The van der Waals surface area contributed by atoms with E-state index in [0.717, 1.165) is 30.1 Å². The molecule has 0 aliphatic heterocycles. The van der Waals surface area contributed by atoms with E-state index >= 15 is 0 Å². The molecule has 0 amide bonds. The third-order valence-electron chi connectivity index (χ3n) is 8.60. The molecule has 0 radical (unpaired) electrons. The lowest BCUT2D eigenvalue weighted by molar-refractivity contribution is -0.0758. The average Bonchev–Trinajstić information content (AvgIpc) is 2.94. The number of allylic oxidation sites excluding steroid dienone is 1. The van der Waals surface area contributed by atoms with E-state index in [1.807, 2.05) is 0 Å². The minimum Gasteiger partial charge on any atom is -0.393 e. The van der Waals surface area contributed by atoms with Crippen LogP contribution in [0, 0.1) is 40.4 Å². The summed E-state index contributed by atoms with van der Waals surface area (Å²) in [6, 6.07) is 0. The fourth-order valence-corrected chi connectivity index (χ4v) is 7.24. The Morgan fingerprint density at radius 1 is 1.05 bits per heavy atom. The van der Waals surface area contributed by atoms with Crippen molar-refractivity contribution in [3.8, 4) is 0 Å². The number of aliphatic hydroxyl groups excluding tert-OH is 1. The van der Waals surface area contributed by atoms with Crippen LogP contribution >= 0.6 is 0 Å². The lowest BCUT2D eigenvalue weighted by Crippen LogP contribution is -2.53. The molecule has 2 bridgehead atoms. The molecule has 4 rings (SSSR count). The number of rotatable bonds is 0. The van der Waals surface area contributed by atoms with Gasteiger partial charge in [-0.15, -0.1) is 0 Å². The smallest absolute Gasteiger partial charge is 0.0608 e. The van der Waals surface area contributed by atoms with Crippen LogP contribution in [-0.2, 0) is 0 Å². The first-order valence-electron chi connectivity index (χ1n) is 9.27. The van der Waals surface area contributed by atoms with Crippen LogP contribution in [0.2, 0.25) is 0 Å². The predicted octanol–water partition coefficient (Wildman–Crippen LogP) is 4.80. The maximum Gasteiger partial charge on any atom is 0.0608 e. The summed E-state index contributed by atoms with van der Waals surface area (Å²) in [4.78, 5) is 0. The van der Waals surface area contributed by atoms with Crippen LogP contribution in [0.15, 0.2) is 12.2 Å². The maximum atomic E-state index is 11.1. The third kappa shape index (κ3) is 1.62. The molecule has 4 aliphatic rings.